The van der Waals surface area contributed by atoms with E-state index in [9.17, 15) is 0 Å². The van der Waals surface area contributed by atoms with Crippen molar-refractivity contribution in [2.24, 2.45) is 0 Å². The number of carbonyl (C=O) groups is 2. The van der Waals surface area contributed by atoms with E-state index >= 15 is 0 Å². The second-order valence-electron chi connectivity index (χ2n) is 0.385. The maximum atomic E-state index is 8.64. The predicted molar refractivity (Wildman–Crippen MR) is 34.5 cm³/mol. The van der Waals surface area contributed by atoms with Crippen LogP contribution in [0.2, 0.25) is 0 Å². The molecule has 8 N–H and O–H groups in total. The molecule has 0 atom stereocenters. The van der Waals surface area contributed by atoms with Gasteiger partial charge in [-0.15, -0.1) is 0 Å². The van der Waals surface area contributed by atoms with E-state index in [2.05, 4.69) is 9.78 Å². The first kappa shape index (κ1) is 54.9. The third-order valence-electron chi connectivity index (χ3n) is 0.0786. The fourth-order valence-electron chi connectivity index (χ4n) is 0. The van der Waals surface area contributed by atoms with E-state index in [4.69, 9.17) is 20.1 Å². The fraction of sp³-hybridized carbons (Fsp3) is 0. The molecule has 0 heterocycles. The van der Waals surface area contributed by atoms with E-state index in [0.717, 1.165) is 0 Å². The van der Waals surface area contributed by atoms with Gasteiger partial charge in [0.2, 0.25) is 0 Å². The number of carbonyl (C=O) groups excluding carboxylic acids is 2. The first-order valence-electron chi connectivity index (χ1n) is 1.28. The number of hydrogen-bond acceptors (Lipinski definition) is 6. The fourth-order valence-corrected chi connectivity index (χ4v) is 0. The Morgan fingerprint density at radius 3 is 0.846 bits per heavy atom. The minimum absolute atomic E-state index is 0. The Morgan fingerprint density at radius 2 is 0.846 bits per heavy atom. The van der Waals surface area contributed by atoms with Crippen LogP contribution in [0.1, 0.15) is 0 Å². The Morgan fingerprint density at radius 1 is 0.769 bits per heavy atom. The second kappa shape index (κ2) is 105. The summed E-state index contributed by atoms with van der Waals surface area (Å²) in [5.74, 6) is 0. The molecule has 0 saturated heterocycles. The van der Waals surface area contributed by atoms with Crippen LogP contribution in [0.4, 0.5) is 0 Å². The molecule has 0 amide bonds. The van der Waals surface area contributed by atoms with Crippen molar-refractivity contribution in [1.29, 1.82) is 0 Å². The summed E-state index contributed by atoms with van der Waals surface area (Å²) in [4.78, 5) is 22.5. The van der Waals surface area contributed by atoms with Crippen molar-refractivity contribution < 1.29 is 51.8 Å². The summed E-state index contributed by atoms with van der Waals surface area (Å²) >= 11 is 0. The van der Waals surface area contributed by atoms with Gasteiger partial charge in [0, 0.05) is 0 Å². The Labute approximate surface area is 88.3 Å². The van der Waals surface area contributed by atoms with Crippen molar-refractivity contribution in [3.05, 3.63) is 0 Å². The molecule has 11 heteroatoms. The summed E-state index contributed by atoms with van der Waals surface area (Å²) in [6.45, 7) is -0.361. The van der Waals surface area contributed by atoms with Gasteiger partial charge in [-0.05, 0) is 0 Å². The predicted octanol–water partition coefficient (Wildman–Crippen LogP) is -6.81. The molecule has 0 unspecified atom stereocenters. The molecular weight excluding hydrogens is 208 g/mol. The molecule has 0 aliphatic heterocycles. The quantitative estimate of drug-likeness (QED) is 0.189. The number of rotatable bonds is 2. The molecule has 80 valence electrons. The topological polar surface area (TPSA) is 225 Å². The zero-order valence-electron chi connectivity index (χ0n) is 6.31. The SMILES string of the molecule is O.O.O.O.O=CO[O-].O=CO[O-].[Mg+2]. The largest absolute Gasteiger partial charge is 2.00 e. The van der Waals surface area contributed by atoms with E-state index < -0.39 is 0 Å². The molecule has 0 rings (SSSR count). The van der Waals surface area contributed by atoms with E-state index in [-0.39, 0.29) is 57.9 Å². The van der Waals surface area contributed by atoms with Crippen LogP contribution in [-0.4, -0.2) is 57.9 Å². The molecule has 0 aliphatic rings. The Bertz CT molecular complexity index is 48.9. The molecule has 0 radical (unpaired) electrons. The summed E-state index contributed by atoms with van der Waals surface area (Å²) in [5, 5.41) is 16.9. The van der Waals surface area contributed by atoms with E-state index in [0.29, 0.717) is 0 Å². The molecule has 13 heavy (non-hydrogen) atoms. The maximum Gasteiger partial charge on any atom is 2.00 e. The van der Waals surface area contributed by atoms with Gasteiger partial charge in [0.15, 0.2) is 0 Å². The Kier molecular flexibility index (Phi) is 441. The van der Waals surface area contributed by atoms with Crippen molar-refractivity contribution in [2.75, 3.05) is 0 Å². The van der Waals surface area contributed by atoms with Crippen LogP contribution in [0.5, 0.6) is 0 Å². The second-order valence-corrected chi connectivity index (χ2v) is 0.385. The van der Waals surface area contributed by atoms with E-state index in [1.54, 1.807) is 0 Å². The summed E-state index contributed by atoms with van der Waals surface area (Å²) < 4.78 is 0. The average Bonchev–Trinajstić information content (AvgIpc) is 1.88. The van der Waals surface area contributed by atoms with Gasteiger partial charge < -0.3 is 42.2 Å². The van der Waals surface area contributed by atoms with Gasteiger partial charge in [-0.1, -0.05) is 0 Å². The summed E-state index contributed by atoms with van der Waals surface area (Å²) in [6, 6.07) is 0. The zero-order chi connectivity index (χ0) is 6.83. The van der Waals surface area contributed by atoms with Gasteiger partial charge in [0.25, 0.3) is 12.9 Å². The third kappa shape index (κ3) is 478. The molecule has 0 saturated carbocycles. The summed E-state index contributed by atoms with van der Waals surface area (Å²) in [6.07, 6.45) is 0. The average molecular weight is 218 g/mol. The van der Waals surface area contributed by atoms with Gasteiger partial charge >= 0.3 is 23.1 Å². The van der Waals surface area contributed by atoms with Crippen molar-refractivity contribution in [3.8, 4) is 0 Å². The number of hydrogen-bond donors (Lipinski definition) is 0. The Hall–Kier alpha value is -0.534. The minimum Gasteiger partial charge on any atom is -0.662 e. The van der Waals surface area contributed by atoms with E-state index in [1.807, 2.05) is 0 Å². The van der Waals surface area contributed by atoms with Crippen LogP contribution < -0.4 is 10.5 Å². The molecule has 10 nitrogen and oxygen atoms in total. The third-order valence-corrected chi connectivity index (χ3v) is 0.0786. The van der Waals surface area contributed by atoms with Gasteiger partial charge in [-0.3, -0.25) is 9.59 Å². The van der Waals surface area contributed by atoms with Gasteiger partial charge in [0.05, 0.1) is 0 Å². The van der Waals surface area contributed by atoms with Gasteiger partial charge in [-0.25, -0.2) is 0 Å². The van der Waals surface area contributed by atoms with Gasteiger partial charge in [0.1, 0.15) is 0 Å². The van der Waals surface area contributed by atoms with Crippen LogP contribution in [0.25, 0.3) is 0 Å². The van der Waals surface area contributed by atoms with Crippen LogP contribution >= 0.6 is 0 Å². The molecular formula is C2H10MgO10. The first-order valence-corrected chi connectivity index (χ1v) is 1.28. The standard InChI is InChI=1S/2CH2O3.Mg.4H2O/c2*2-1-4-3;;;;;/h2*1,3H;;4*1H2/q;;+2;;;;/p-2. The summed E-state index contributed by atoms with van der Waals surface area (Å²) in [5.41, 5.74) is 0. The first-order chi connectivity index (χ1) is 3.83. The van der Waals surface area contributed by atoms with Crippen LogP contribution in [0, 0.1) is 0 Å². The normalized spacial score (nSPS) is 3.23. The molecule has 0 fully saturated rings. The minimum atomic E-state index is -0.181. The van der Waals surface area contributed by atoms with Crippen LogP contribution in [0.15, 0.2) is 0 Å². The zero-order valence-corrected chi connectivity index (χ0v) is 7.73. The van der Waals surface area contributed by atoms with E-state index in [1.165, 1.54) is 0 Å². The van der Waals surface area contributed by atoms with Gasteiger partial charge in [-0.2, -0.15) is 0 Å². The summed E-state index contributed by atoms with van der Waals surface area (Å²) in [7, 11) is 0. The molecule has 0 spiro atoms. The molecule has 0 bridgehead atoms. The van der Waals surface area contributed by atoms with Crippen molar-refractivity contribution in [1.82, 2.24) is 0 Å². The Balaban J connectivity index is -0.00000000800. The van der Waals surface area contributed by atoms with Crippen molar-refractivity contribution >= 4 is 36.0 Å². The molecule has 0 aromatic carbocycles. The van der Waals surface area contributed by atoms with Crippen molar-refractivity contribution in [3.63, 3.8) is 0 Å². The molecule has 0 aliphatic carbocycles. The van der Waals surface area contributed by atoms with Crippen LogP contribution in [0.3, 0.4) is 0 Å². The monoisotopic (exact) mass is 218 g/mol. The smallest absolute Gasteiger partial charge is 0.662 e. The maximum absolute atomic E-state index is 8.64. The van der Waals surface area contributed by atoms with Crippen molar-refractivity contribution in [2.45, 2.75) is 0 Å². The molecule has 0 aromatic rings. The molecule has 0 aromatic heterocycles. The van der Waals surface area contributed by atoms with Crippen LogP contribution in [-0.2, 0) is 19.4 Å².